The van der Waals surface area contributed by atoms with E-state index in [0.717, 1.165) is 30.0 Å². The Bertz CT molecular complexity index is 533. The molecule has 2 N–H and O–H groups in total. The Morgan fingerprint density at radius 2 is 2.33 bits per heavy atom. The van der Waals surface area contributed by atoms with Crippen LogP contribution in [0.4, 0.5) is 5.82 Å². The van der Waals surface area contributed by atoms with Crippen molar-refractivity contribution in [2.45, 2.75) is 19.3 Å². The highest BCUT2D eigenvalue weighted by Crippen LogP contribution is 2.41. The van der Waals surface area contributed by atoms with E-state index in [0.29, 0.717) is 5.41 Å². The summed E-state index contributed by atoms with van der Waals surface area (Å²) in [7, 11) is 1.77. The Morgan fingerprint density at radius 3 is 3.06 bits per heavy atom. The van der Waals surface area contributed by atoms with Crippen LogP contribution in [0, 0.1) is 5.41 Å². The molecule has 0 bridgehead atoms. The second-order valence-electron chi connectivity index (χ2n) is 5.10. The Hall–Kier alpha value is -1.62. The zero-order valence-corrected chi connectivity index (χ0v) is 10.6. The van der Waals surface area contributed by atoms with Gasteiger partial charge < -0.3 is 15.0 Å². The molecular formula is C13H18N4O. The maximum absolute atomic E-state index is 5.33. The van der Waals surface area contributed by atoms with Crippen LogP contribution in [0.25, 0.3) is 11.0 Å². The Labute approximate surface area is 106 Å². The summed E-state index contributed by atoms with van der Waals surface area (Å²) < 4.78 is 5.33. The number of H-pyrrole nitrogens is 1. The normalized spacial score (nSPS) is 17.6. The van der Waals surface area contributed by atoms with Crippen molar-refractivity contribution in [1.82, 2.24) is 15.0 Å². The van der Waals surface area contributed by atoms with Gasteiger partial charge in [-0.3, -0.25) is 0 Å². The second kappa shape index (κ2) is 4.57. The fourth-order valence-electron chi connectivity index (χ4n) is 2.63. The van der Waals surface area contributed by atoms with Crippen LogP contribution in [0.1, 0.15) is 19.3 Å². The van der Waals surface area contributed by atoms with Gasteiger partial charge in [0, 0.05) is 25.3 Å². The molecule has 0 aromatic carbocycles. The SMILES string of the molecule is COCC1(CNc2ncnc3cc[nH]c23)CCC1. The highest BCUT2D eigenvalue weighted by atomic mass is 16.5. The van der Waals surface area contributed by atoms with Gasteiger partial charge in [0.05, 0.1) is 12.1 Å². The summed E-state index contributed by atoms with van der Waals surface area (Å²) in [6.07, 6.45) is 7.24. The number of aromatic amines is 1. The molecule has 1 saturated carbocycles. The van der Waals surface area contributed by atoms with Gasteiger partial charge in [0.15, 0.2) is 5.82 Å². The van der Waals surface area contributed by atoms with E-state index in [4.69, 9.17) is 4.74 Å². The number of nitrogens with one attached hydrogen (secondary N) is 2. The van der Waals surface area contributed by atoms with E-state index in [9.17, 15) is 0 Å². The van der Waals surface area contributed by atoms with Crippen molar-refractivity contribution in [1.29, 1.82) is 0 Å². The first kappa shape index (κ1) is 11.5. The van der Waals surface area contributed by atoms with E-state index in [-0.39, 0.29) is 0 Å². The molecule has 1 aliphatic rings. The molecule has 2 aromatic heterocycles. The number of hydrogen-bond acceptors (Lipinski definition) is 4. The number of nitrogens with zero attached hydrogens (tertiary/aromatic N) is 2. The minimum Gasteiger partial charge on any atom is -0.384 e. The summed E-state index contributed by atoms with van der Waals surface area (Å²) in [6.45, 7) is 1.73. The molecular weight excluding hydrogens is 228 g/mol. The number of rotatable bonds is 5. The largest absolute Gasteiger partial charge is 0.384 e. The van der Waals surface area contributed by atoms with Crippen molar-refractivity contribution in [3.05, 3.63) is 18.6 Å². The Kier molecular flexibility index (Phi) is 2.91. The highest BCUT2D eigenvalue weighted by Gasteiger charge is 2.36. The molecule has 0 spiro atoms. The van der Waals surface area contributed by atoms with Gasteiger partial charge in [0.25, 0.3) is 0 Å². The predicted molar refractivity (Wildman–Crippen MR) is 70.5 cm³/mol. The van der Waals surface area contributed by atoms with Crippen LogP contribution in [-0.2, 0) is 4.74 Å². The van der Waals surface area contributed by atoms with Gasteiger partial charge in [0.2, 0.25) is 0 Å². The van der Waals surface area contributed by atoms with Gasteiger partial charge in [-0.1, -0.05) is 6.42 Å². The first-order valence-electron chi connectivity index (χ1n) is 6.34. The zero-order chi connectivity index (χ0) is 12.4. The van der Waals surface area contributed by atoms with Gasteiger partial charge in [0.1, 0.15) is 11.8 Å². The molecule has 96 valence electrons. The van der Waals surface area contributed by atoms with Crippen molar-refractivity contribution in [3.63, 3.8) is 0 Å². The molecule has 0 amide bonds. The van der Waals surface area contributed by atoms with Crippen LogP contribution < -0.4 is 5.32 Å². The van der Waals surface area contributed by atoms with Crippen LogP contribution in [0.5, 0.6) is 0 Å². The summed E-state index contributed by atoms with van der Waals surface area (Å²) in [6, 6.07) is 1.95. The summed E-state index contributed by atoms with van der Waals surface area (Å²) in [5.41, 5.74) is 2.21. The van der Waals surface area contributed by atoms with E-state index in [1.54, 1.807) is 13.4 Å². The lowest BCUT2D eigenvalue weighted by Crippen LogP contribution is -2.40. The minimum atomic E-state index is 0.290. The summed E-state index contributed by atoms with van der Waals surface area (Å²) in [5, 5.41) is 3.44. The summed E-state index contributed by atoms with van der Waals surface area (Å²) in [5.74, 6) is 0.882. The quantitative estimate of drug-likeness (QED) is 0.849. The Morgan fingerprint density at radius 1 is 1.44 bits per heavy atom. The van der Waals surface area contributed by atoms with Crippen molar-refractivity contribution in [2.24, 2.45) is 5.41 Å². The van der Waals surface area contributed by atoms with E-state index in [2.05, 4.69) is 20.3 Å². The van der Waals surface area contributed by atoms with Gasteiger partial charge in [-0.05, 0) is 18.9 Å². The van der Waals surface area contributed by atoms with Crippen molar-refractivity contribution < 1.29 is 4.74 Å². The molecule has 0 atom stereocenters. The zero-order valence-electron chi connectivity index (χ0n) is 10.6. The predicted octanol–water partition coefficient (Wildman–Crippen LogP) is 2.19. The Balaban J connectivity index is 1.74. The van der Waals surface area contributed by atoms with Crippen molar-refractivity contribution >= 4 is 16.9 Å². The standard InChI is InChI=1S/C13H18N4O/c1-18-8-13(4-2-5-13)7-15-12-11-10(3-6-14-11)16-9-17-12/h3,6,9,14H,2,4-5,7-8H2,1H3,(H,15,16,17). The third-order valence-electron chi connectivity index (χ3n) is 3.84. The molecule has 2 aromatic rings. The number of fused-ring (bicyclic) bond motifs is 1. The first-order chi connectivity index (χ1) is 8.83. The van der Waals surface area contributed by atoms with Crippen molar-refractivity contribution in [2.75, 3.05) is 25.6 Å². The van der Waals surface area contributed by atoms with Crippen LogP contribution in [0.2, 0.25) is 0 Å². The number of anilines is 1. The third kappa shape index (κ3) is 1.95. The van der Waals surface area contributed by atoms with Crippen LogP contribution in [0.3, 0.4) is 0 Å². The molecule has 3 rings (SSSR count). The molecule has 5 heteroatoms. The van der Waals surface area contributed by atoms with Gasteiger partial charge >= 0.3 is 0 Å². The molecule has 0 aliphatic heterocycles. The van der Waals surface area contributed by atoms with E-state index in [1.165, 1.54) is 19.3 Å². The van der Waals surface area contributed by atoms with Crippen LogP contribution in [-0.4, -0.2) is 35.2 Å². The summed E-state index contributed by atoms with van der Waals surface area (Å²) >= 11 is 0. The number of hydrogen-bond donors (Lipinski definition) is 2. The monoisotopic (exact) mass is 246 g/mol. The maximum Gasteiger partial charge on any atom is 0.153 e. The van der Waals surface area contributed by atoms with E-state index in [1.807, 2.05) is 12.3 Å². The number of methoxy groups -OCH3 is 1. The number of aromatic nitrogens is 3. The topological polar surface area (TPSA) is 62.8 Å². The van der Waals surface area contributed by atoms with Crippen molar-refractivity contribution in [3.8, 4) is 0 Å². The molecule has 2 heterocycles. The van der Waals surface area contributed by atoms with Crippen LogP contribution in [0.15, 0.2) is 18.6 Å². The maximum atomic E-state index is 5.33. The molecule has 0 saturated heterocycles. The fourth-order valence-corrected chi connectivity index (χ4v) is 2.63. The average molecular weight is 246 g/mol. The van der Waals surface area contributed by atoms with Gasteiger partial charge in [-0.25, -0.2) is 9.97 Å². The smallest absolute Gasteiger partial charge is 0.153 e. The molecule has 18 heavy (non-hydrogen) atoms. The molecule has 1 aliphatic carbocycles. The average Bonchev–Trinajstić information content (AvgIpc) is 2.81. The van der Waals surface area contributed by atoms with Gasteiger partial charge in [-0.2, -0.15) is 0 Å². The van der Waals surface area contributed by atoms with E-state index >= 15 is 0 Å². The lowest BCUT2D eigenvalue weighted by atomic mass is 9.69. The van der Waals surface area contributed by atoms with Crippen LogP contribution >= 0.6 is 0 Å². The summed E-state index contributed by atoms with van der Waals surface area (Å²) in [4.78, 5) is 11.7. The number of ether oxygens (including phenoxy) is 1. The lowest BCUT2D eigenvalue weighted by molar-refractivity contribution is 0.0282. The minimum absolute atomic E-state index is 0.290. The molecule has 1 fully saturated rings. The lowest BCUT2D eigenvalue weighted by Gasteiger charge is -2.41. The second-order valence-corrected chi connectivity index (χ2v) is 5.10. The highest BCUT2D eigenvalue weighted by molar-refractivity contribution is 5.85. The molecule has 0 unspecified atom stereocenters. The molecule has 5 nitrogen and oxygen atoms in total. The first-order valence-corrected chi connectivity index (χ1v) is 6.34. The van der Waals surface area contributed by atoms with E-state index < -0.39 is 0 Å². The van der Waals surface area contributed by atoms with Gasteiger partial charge in [-0.15, -0.1) is 0 Å². The molecule has 0 radical (unpaired) electrons. The third-order valence-corrected chi connectivity index (χ3v) is 3.84. The fraction of sp³-hybridized carbons (Fsp3) is 0.538.